The quantitative estimate of drug-likeness (QED) is 0.0806. The Morgan fingerprint density at radius 3 is 2.08 bits per heavy atom. The molecule has 0 aromatic heterocycles. The molecule has 2 amide bonds. The SMILES string of the molecule is [B]OC(=O)C1(SC2CN(C(=O)C(=NC)c3ccc(OCc4ccc(OC)cc4)c(OCc4ccc(OC)cc4)c3Cl)C2)CN2C(=O)[C@@H](CC(=O)Cc3ccccc3)C2S1=O. The minimum Gasteiger partial charge on any atom is -0.542 e. The maximum Gasteiger partial charge on any atom is 0.378 e. The zero-order chi connectivity index (χ0) is 42.6. The van der Waals surface area contributed by atoms with E-state index in [0.29, 0.717) is 22.8 Å². The van der Waals surface area contributed by atoms with Crippen molar-refractivity contribution in [3.05, 3.63) is 118 Å². The van der Waals surface area contributed by atoms with Crippen molar-refractivity contribution in [3.63, 3.8) is 0 Å². The van der Waals surface area contributed by atoms with Gasteiger partial charge in [-0.25, -0.2) is 0 Å². The molecule has 3 unspecified atom stereocenters. The van der Waals surface area contributed by atoms with Crippen LogP contribution in [0.4, 0.5) is 0 Å². The maximum absolute atomic E-state index is 14.1. The third-order valence-electron chi connectivity index (χ3n) is 10.6. The van der Waals surface area contributed by atoms with Gasteiger partial charge in [0.15, 0.2) is 11.5 Å². The molecule has 0 spiro atoms. The summed E-state index contributed by atoms with van der Waals surface area (Å²) in [6, 6.07) is 27.2. The van der Waals surface area contributed by atoms with Crippen molar-refractivity contribution in [2.24, 2.45) is 10.9 Å². The lowest BCUT2D eigenvalue weighted by Gasteiger charge is -2.41. The highest BCUT2D eigenvalue weighted by molar-refractivity contribution is 8.14. The summed E-state index contributed by atoms with van der Waals surface area (Å²) in [6.07, 6.45) is 0.0336. The zero-order valence-electron chi connectivity index (χ0n) is 33.0. The fraction of sp³-hybridized carbons (Fsp3) is 0.326. The average molecular weight is 870 g/mol. The molecule has 0 N–H and O–H groups in total. The lowest BCUT2D eigenvalue weighted by atomic mass is 9.90. The van der Waals surface area contributed by atoms with Gasteiger partial charge in [0.25, 0.3) is 5.91 Å². The number of Topliss-reactive ketones (excluding diaryl/α,β-unsaturated/α-hetero) is 1. The predicted molar refractivity (Wildman–Crippen MR) is 228 cm³/mol. The highest BCUT2D eigenvalue weighted by Crippen LogP contribution is 2.51. The van der Waals surface area contributed by atoms with Crippen molar-refractivity contribution in [1.82, 2.24) is 9.80 Å². The number of rotatable bonds is 17. The first kappa shape index (κ1) is 42.8. The minimum absolute atomic E-state index is 0.0674. The Labute approximate surface area is 360 Å². The van der Waals surface area contributed by atoms with Gasteiger partial charge >= 0.3 is 14.0 Å². The number of amides is 2. The topological polar surface area (TPSA) is 150 Å². The van der Waals surface area contributed by atoms with Gasteiger partial charge in [-0.15, -0.1) is 11.8 Å². The number of hydrogen-bond acceptors (Lipinski definition) is 12. The van der Waals surface area contributed by atoms with E-state index in [-0.39, 0.29) is 79.1 Å². The van der Waals surface area contributed by atoms with Gasteiger partial charge in [0.1, 0.15) is 41.6 Å². The number of methoxy groups -OCH3 is 2. The lowest BCUT2D eigenvalue weighted by Crippen LogP contribution is -2.59. The molecule has 13 nitrogen and oxygen atoms in total. The Morgan fingerprint density at radius 1 is 0.883 bits per heavy atom. The van der Waals surface area contributed by atoms with Crippen LogP contribution in [0, 0.1) is 5.92 Å². The van der Waals surface area contributed by atoms with Gasteiger partial charge in [-0.3, -0.25) is 28.4 Å². The van der Waals surface area contributed by atoms with Crippen molar-refractivity contribution in [1.29, 1.82) is 0 Å². The summed E-state index contributed by atoms with van der Waals surface area (Å²) in [5.41, 5.74) is 2.91. The summed E-state index contributed by atoms with van der Waals surface area (Å²) in [4.78, 5) is 60.7. The monoisotopic (exact) mass is 869 g/mol. The molecule has 0 aliphatic carbocycles. The van der Waals surface area contributed by atoms with E-state index in [2.05, 4.69) is 9.65 Å². The van der Waals surface area contributed by atoms with E-state index in [4.69, 9.17) is 38.6 Å². The van der Waals surface area contributed by atoms with Crippen molar-refractivity contribution in [2.75, 3.05) is 40.9 Å². The lowest BCUT2D eigenvalue weighted by molar-refractivity contribution is -0.152. The van der Waals surface area contributed by atoms with Gasteiger partial charge in [0.05, 0.1) is 42.5 Å². The molecule has 7 rings (SSSR count). The molecule has 17 heteroatoms. The Kier molecular flexibility index (Phi) is 13.2. The number of aliphatic imine (C=N–C) groups is 1. The number of carbonyl (C=O) groups is 4. The first-order chi connectivity index (χ1) is 29.0. The molecule has 2 radical (unpaired) electrons. The summed E-state index contributed by atoms with van der Waals surface area (Å²) < 4.78 is 40.1. The molecule has 4 aromatic rings. The van der Waals surface area contributed by atoms with E-state index in [1.165, 1.54) is 16.8 Å². The number of ketones is 1. The van der Waals surface area contributed by atoms with Gasteiger partial charge in [-0.1, -0.05) is 66.2 Å². The number of β-lactam (4-membered cyclic amide) rings is 1. The minimum atomic E-state index is -1.96. The fourth-order valence-corrected chi connectivity index (χ4v) is 11.9. The van der Waals surface area contributed by atoms with E-state index in [0.717, 1.165) is 28.5 Å². The van der Waals surface area contributed by atoms with E-state index >= 15 is 0 Å². The van der Waals surface area contributed by atoms with Gasteiger partial charge in [-0.2, -0.15) is 0 Å². The first-order valence-electron chi connectivity index (χ1n) is 19.0. The smallest absolute Gasteiger partial charge is 0.378 e. The van der Waals surface area contributed by atoms with Crippen LogP contribution in [0.5, 0.6) is 23.0 Å². The van der Waals surface area contributed by atoms with Gasteiger partial charge < -0.3 is 33.4 Å². The largest absolute Gasteiger partial charge is 0.542 e. The Hall–Kier alpha value is -5.32. The van der Waals surface area contributed by atoms with Crippen LogP contribution in [0.2, 0.25) is 5.02 Å². The van der Waals surface area contributed by atoms with Crippen molar-refractivity contribution in [3.8, 4) is 23.0 Å². The highest BCUT2D eigenvalue weighted by Gasteiger charge is 2.68. The number of halogens is 1. The van der Waals surface area contributed by atoms with E-state index < -0.39 is 38.0 Å². The van der Waals surface area contributed by atoms with Crippen LogP contribution in [-0.2, 0) is 54.3 Å². The molecule has 3 aliphatic rings. The second-order valence-electron chi connectivity index (χ2n) is 14.4. The molecule has 4 atom stereocenters. The van der Waals surface area contributed by atoms with Gasteiger partial charge in [-0.05, 0) is 53.1 Å². The fourth-order valence-electron chi connectivity index (χ4n) is 7.37. The van der Waals surface area contributed by atoms with Crippen LogP contribution >= 0.6 is 23.4 Å². The summed E-state index contributed by atoms with van der Waals surface area (Å²) >= 11 is 8.11. The summed E-state index contributed by atoms with van der Waals surface area (Å²) in [7, 11) is 8.06. The normalized spacial score (nSPS) is 21.0. The number of benzene rings is 4. The molecule has 310 valence electrons. The Balaban J connectivity index is 1.04. The molecule has 4 aromatic carbocycles. The molecule has 3 saturated heterocycles. The van der Waals surface area contributed by atoms with Crippen LogP contribution in [0.15, 0.2) is 96.0 Å². The third-order valence-corrected chi connectivity index (χ3v) is 15.0. The number of likely N-dealkylation sites (tertiary alicyclic amines) is 1. The number of hydrogen-bond donors (Lipinski definition) is 0. The molecule has 0 saturated carbocycles. The average Bonchev–Trinajstić information content (AvgIpc) is 3.52. The Bertz CT molecular complexity index is 2310. The van der Waals surface area contributed by atoms with Crippen molar-refractivity contribution >= 4 is 71.5 Å². The molecule has 3 heterocycles. The zero-order valence-corrected chi connectivity index (χ0v) is 35.4. The van der Waals surface area contributed by atoms with E-state index in [1.54, 1.807) is 26.4 Å². The van der Waals surface area contributed by atoms with Crippen molar-refractivity contribution < 1.29 is 47.0 Å². The third kappa shape index (κ3) is 8.63. The van der Waals surface area contributed by atoms with Crippen LogP contribution in [0.1, 0.15) is 28.7 Å². The number of ether oxygens (including phenoxy) is 4. The van der Waals surface area contributed by atoms with Crippen LogP contribution in [0.25, 0.3) is 0 Å². The van der Waals surface area contributed by atoms with Crippen LogP contribution in [0.3, 0.4) is 0 Å². The molecule has 3 fully saturated rings. The van der Waals surface area contributed by atoms with Crippen LogP contribution < -0.4 is 18.9 Å². The van der Waals surface area contributed by atoms with Gasteiger partial charge in [0.2, 0.25) is 9.99 Å². The summed E-state index contributed by atoms with van der Waals surface area (Å²) in [6.45, 7) is 0.466. The summed E-state index contributed by atoms with van der Waals surface area (Å²) in [5.74, 6) is -0.740. The number of thioether (sulfide) groups is 1. The van der Waals surface area contributed by atoms with Crippen LogP contribution in [-0.4, -0.2) is 107 Å². The van der Waals surface area contributed by atoms with E-state index in [1.807, 2.05) is 78.9 Å². The second kappa shape index (κ2) is 18.5. The predicted octanol–water partition coefficient (Wildman–Crippen LogP) is 4.95. The Morgan fingerprint density at radius 2 is 1.50 bits per heavy atom. The summed E-state index contributed by atoms with van der Waals surface area (Å²) in [5, 5.41) is -1.09. The van der Waals surface area contributed by atoms with E-state index in [9.17, 15) is 23.4 Å². The van der Waals surface area contributed by atoms with Crippen molar-refractivity contribution in [2.45, 2.75) is 40.8 Å². The molecular formula is C43H41BClN3O10S2. The first-order valence-corrected chi connectivity index (χ1v) is 21.4. The number of fused-ring (bicyclic) bond motifs is 1. The number of carbonyl (C=O) groups excluding carboxylic acids is 4. The molecule has 3 aliphatic heterocycles. The molecular weight excluding hydrogens is 829 g/mol. The second-order valence-corrected chi connectivity index (χ2v) is 18.4. The highest BCUT2D eigenvalue weighted by atomic mass is 35.5. The standard InChI is InChI=1S/C43H41BClN3O10S2/c1-46-37(33-17-18-35(56-23-27-9-13-30(54-2)14-10-27)38(36(33)45)57-24-28-11-15-31(55-3)16-12-28)40(51)47-21-32(22-47)59-43(42(52)58-44)25-48-39(50)34(41(48)60(43)53)20-29(49)19-26-7-5-4-6-8-26/h4-18,32,34,41H,19-25H2,1-3H3/t34-,41?,43?,60?/m1/s1. The molecule has 60 heavy (non-hydrogen) atoms. The van der Waals surface area contributed by atoms with Gasteiger partial charge in [0, 0.05) is 43.8 Å². The maximum atomic E-state index is 14.1. The molecule has 0 bridgehead atoms. The number of nitrogens with zero attached hydrogens (tertiary/aromatic N) is 3.